The second-order valence-corrected chi connectivity index (χ2v) is 5.78. The largest absolute Gasteiger partial charge is 0.490 e. The smallest absolute Gasteiger partial charge is 0.259 e. The summed E-state index contributed by atoms with van der Waals surface area (Å²) in [6.45, 7) is 0. The van der Waals surface area contributed by atoms with Crippen LogP contribution in [0.2, 0.25) is 0 Å². The molecule has 1 aliphatic rings. The molecule has 24 heavy (non-hydrogen) atoms. The Labute approximate surface area is 141 Å². The number of rotatable bonds is 5. The fourth-order valence-corrected chi connectivity index (χ4v) is 2.51. The summed E-state index contributed by atoms with van der Waals surface area (Å²) in [5.74, 6) is 0.154. The van der Waals surface area contributed by atoms with Crippen LogP contribution in [-0.4, -0.2) is 25.0 Å². The third-order valence-corrected chi connectivity index (χ3v) is 4.09. The third-order valence-electron chi connectivity index (χ3n) is 4.09. The summed E-state index contributed by atoms with van der Waals surface area (Å²) in [6, 6.07) is 14.0. The van der Waals surface area contributed by atoms with Crippen molar-refractivity contribution in [3.63, 3.8) is 0 Å². The molecule has 0 bridgehead atoms. The zero-order valence-electron chi connectivity index (χ0n) is 13.5. The molecule has 5 nitrogen and oxygen atoms in total. The van der Waals surface area contributed by atoms with Gasteiger partial charge in [-0.1, -0.05) is 18.2 Å². The molecule has 1 aliphatic carbocycles. The summed E-state index contributed by atoms with van der Waals surface area (Å²) in [7, 11) is 1.57. The van der Waals surface area contributed by atoms with Crippen molar-refractivity contribution in [2.24, 2.45) is 0 Å². The molecule has 1 saturated carbocycles. The highest BCUT2D eigenvalue weighted by molar-refractivity contribution is 6.06. The van der Waals surface area contributed by atoms with Crippen molar-refractivity contribution in [1.82, 2.24) is 5.32 Å². The lowest BCUT2D eigenvalue weighted by Crippen LogP contribution is -2.26. The predicted molar refractivity (Wildman–Crippen MR) is 92.5 cm³/mol. The summed E-state index contributed by atoms with van der Waals surface area (Å²) in [6.07, 6.45) is 3.44. The average Bonchev–Trinajstić information content (AvgIpc) is 2.58. The molecular weight excluding hydrogens is 304 g/mol. The first-order valence-electron chi connectivity index (χ1n) is 8.06. The van der Waals surface area contributed by atoms with E-state index in [1.807, 2.05) is 18.2 Å². The molecule has 124 valence electrons. The van der Waals surface area contributed by atoms with Crippen molar-refractivity contribution >= 4 is 17.5 Å². The van der Waals surface area contributed by atoms with Crippen LogP contribution in [0.1, 0.15) is 40.0 Å². The van der Waals surface area contributed by atoms with Gasteiger partial charge in [0.05, 0.1) is 11.7 Å². The fraction of sp³-hybridized carbons (Fsp3) is 0.263. The maximum absolute atomic E-state index is 12.6. The maximum Gasteiger partial charge on any atom is 0.259 e. The van der Waals surface area contributed by atoms with Crippen LogP contribution in [-0.2, 0) is 0 Å². The van der Waals surface area contributed by atoms with Gasteiger partial charge in [-0.05, 0) is 49.6 Å². The molecule has 0 saturated heterocycles. The molecule has 0 aromatic heterocycles. The van der Waals surface area contributed by atoms with Gasteiger partial charge in [-0.3, -0.25) is 9.59 Å². The van der Waals surface area contributed by atoms with E-state index < -0.39 is 0 Å². The lowest BCUT2D eigenvalue weighted by Gasteiger charge is -2.27. The number of nitrogens with one attached hydrogen (secondary N) is 2. The quantitative estimate of drug-likeness (QED) is 0.887. The van der Waals surface area contributed by atoms with Crippen LogP contribution in [0.4, 0.5) is 5.69 Å². The average molecular weight is 324 g/mol. The minimum Gasteiger partial charge on any atom is -0.490 e. The van der Waals surface area contributed by atoms with E-state index in [1.54, 1.807) is 37.4 Å². The van der Waals surface area contributed by atoms with Gasteiger partial charge < -0.3 is 15.4 Å². The van der Waals surface area contributed by atoms with E-state index in [0.717, 1.165) is 12.8 Å². The lowest BCUT2D eigenvalue weighted by atomic mass is 9.96. The SMILES string of the molecule is CNC(=O)c1cccc(NC(=O)c2ccccc2OC2CCC2)c1. The van der Waals surface area contributed by atoms with Gasteiger partial charge >= 0.3 is 0 Å². The molecule has 2 amide bonds. The molecule has 0 heterocycles. The van der Waals surface area contributed by atoms with Crippen LogP contribution in [0.15, 0.2) is 48.5 Å². The van der Waals surface area contributed by atoms with Gasteiger partial charge in [-0.25, -0.2) is 0 Å². The topological polar surface area (TPSA) is 67.4 Å². The van der Waals surface area contributed by atoms with Crippen LogP contribution >= 0.6 is 0 Å². The number of ether oxygens (including phenoxy) is 1. The maximum atomic E-state index is 12.6. The van der Waals surface area contributed by atoms with E-state index in [9.17, 15) is 9.59 Å². The lowest BCUT2D eigenvalue weighted by molar-refractivity contribution is 0.0959. The van der Waals surface area contributed by atoms with Gasteiger partial charge in [0, 0.05) is 18.3 Å². The van der Waals surface area contributed by atoms with Gasteiger partial charge in [0.25, 0.3) is 11.8 Å². The van der Waals surface area contributed by atoms with Gasteiger partial charge in [-0.2, -0.15) is 0 Å². The number of carbonyl (C=O) groups is 2. The molecule has 0 radical (unpaired) electrons. The van der Waals surface area contributed by atoms with Crippen LogP contribution in [0.5, 0.6) is 5.75 Å². The summed E-state index contributed by atoms with van der Waals surface area (Å²) >= 11 is 0. The Kier molecular flexibility index (Phi) is 4.79. The number of amides is 2. The number of para-hydroxylation sites is 1. The van der Waals surface area contributed by atoms with Crippen molar-refractivity contribution in [1.29, 1.82) is 0 Å². The molecule has 1 fully saturated rings. The number of hydrogen-bond acceptors (Lipinski definition) is 3. The van der Waals surface area contributed by atoms with Crippen LogP contribution in [0.25, 0.3) is 0 Å². The Morgan fingerprint density at radius 2 is 1.83 bits per heavy atom. The van der Waals surface area contributed by atoms with Crippen LogP contribution in [0.3, 0.4) is 0 Å². The van der Waals surface area contributed by atoms with Gasteiger partial charge in [0.2, 0.25) is 0 Å². The minimum absolute atomic E-state index is 0.195. The Balaban J connectivity index is 1.76. The highest BCUT2D eigenvalue weighted by atomic mass is 16.5. The standard InChI is InChI=1S/C19H20N2O3/c1-20-18(22)13-6-4-7-14(12-13)21-19(23)16-10-2-3-11-17(16)24-15-8-5-9-15/h2-4,6-7,10-12,15H,5,8-9H2,1H3,(H,20,22)(H,21,23). The van der Waals surface area contributed by atoms with Crippen LogP contribution < -0.4 is 15.4 Å². The van der Waals surface area contributed by atoms with Gasteiger partial charge in [0.15, 0.2) is 0 Å². The molecule has 0 unspecified atom stereocenters. The van der Waals surface area contributed by atoms with Crippen molar-refractivity contribution in [2.75, 3.05) is 12.4 Å². The van der Waals surface area contributed by atoms with Gasteiger partial charge in [0.1, 0.15) is 5.75 Å². The van der Waals surface area contributed by atoms with Gasteiger partial charge in [-0.15, -0.1) is 0 Å². The van der Waals surface area contributed by atoms with E-state index in [0.29, 0.717) is 22.6 Å². The zero-order valence-corrected chi connectivity index (χ0v) is 13.5. The summed E-state index contributed by atoms with van der Waals surface area (Å²) in [5.41, 5.74) is 1.56. The van der Waals surface area contributed by atoms with E-state index >= 15 is 0 Å². The molecule has 5 heteroatoms. The normalized spacial score (nSPS) is 13.7. The monoisotopic (exact) mass is 324 g/mol. The van der Waals surface area contributed by atoms with E-state index in [2.05, 4.69) is 10.6 Å². The Bertz CT molecular complexity index is 754. The molecule has 0 spiro atoms. The fourth-order valence-electron chi connectivity index (χ4n) is 2.51. The Hall–Kier alpha value is -2.82. The highest BCUT2D eigenvalue weighted by Gasteiger charge is 2.22. The number of hydrogen-bond donors (Lipinski definition) is 2. The summed E-state index contributed by atoms with van der Waals surface area (Å²) in [5, 5.41) is 5.39. The first-order valence-corrected chi connectivity index (χ1v) is 8.06. The molecule has 0 atom stereocenters. The molecular formula is C19H20N2O3. The Morgan fingerprint density at radius 3 is 2.54 bits per heavy atom. The van der Waals surface area contributed by atoms with Crippen molar-refractivity contribution in [3.8, 4) is 5.75 Å². The first kappa shape index (κ1) is 16.1. The summed E-state index contributed by atoms with van der Waals surface area (Å²) in [4.78, 5) is 24.3. The third kappa shape index (κ3) is 3.56. The van der Waals surface area contributed by atoms with Crippen LogP contribution in [0, 0.1) is 0 Å². The van der Waals surface area contributed by atoms with Crippen molar-refractivity contribution < 1.29 is 14.3 Å². The van der Waals surface area contributed by atoms with E-state index in [4.69, 9.17) is 4.74 Å². The minimum atomic E-state index is -0.251. The highest BCUT2D eigenvalue weighted by Crippen LogP contribution is 2.28. The first-order chi connectivity index (χ1) is 11.7. The van der Waals surface area contributed by atoms with Crippen molar-refractivity contribution in [2.45, 2.75) is 25.4 Å². The Morgan fingerprint density at radius 1 is 1.04 bits per heavy atom. The number of benzene rings is 2. The summed E-state index contributed by atoms with van der Waals surface area (Å²) < 4.78 is 5.89. The molecule has 2 aromatic rings. The second-order valence-electron chi connectivity index (χ2n) is 5.78. The number of carbonyl (C=O) groups excluding carboxylic acids is 2. The molecule has 3 rings (SSSR count). The van der Waals surface area contributed by atoms with E-state index in [-0.39, 0.29) is 17.9 Å². The van der Waals surface area contributed by atoms with Crippen molar-refractivity contribution in [3.05, 3.63) is 59.7 Å². The number of anilines is 1. The molecule has 2 aromatic carbocycles. The molecule has 2 N–H and O–H groups in total. The zero-order chi connectivity index (χ0) is 16.9. The second kappa shape index (κ2) is 7.17. The van der Waals surface area contributed by atoms with E-state index in [1.165, 1.54) is 6.42 Å². The molecule has 0 aliphatic heterocycles. The predicted octanol–water partition coefficient (Wildman–Crippen LogP) is 3.23.